The molecule has 2 aromatic carbocycles. The highest BCUT2D eigenvalue weighted by atomic mass is 16.3. The fourth-order valence-corrected chi connectivity index (χ4v) is 3.70. The first-order valence-electron chi connectivity index (χ1n) is 9.22. The summed E-state index contributed by atoms with van der Waals surface area (Å²) in [7, 11) is 0. The predicted molar refractivity (Wildman–Crippen MR) is 105 cm³/mol. The van der Waals surface area contributed by atoms with Crippen molar-refractivity contribution in [3.63, 3.8) is 0 Å². The van der Waals surface area contributed by atoms with Crippen molar-refractivity contribution in [2.75, 3.05) is 5.01 Å². The Bertz CT molecular complexity index is 619. The summed E-state index contributed by atoms with van der Waals surface area (Å²) in [5, 5.41) is 13.3. The molecule has 3 rings (SSSR count). The second-order valence-corrected chi connectivity index (χ2v) is 6.86. The van der Waals surface area contributed by atoms with Gasteiger partial charge in [-0.3, -0.25) is 5.01 Å². The Morgan fingerprint density at radius 3 is 2.24 bits per heavy atom. The molecule has 1 saturated carbocycles. The van der Waals surface area contributed by atoms with Crippen LogP contribution in [0.3, 0.4) is 0 Å². The Morgan fingerprint density at radius 2 is 1.68 bits per heavy atom. The number of rotatable bonds is 8. The fraction of sp³-hybridized carbons (Fsp3) is 0.364. The molecule has 0 amide bonds. The molecule has 0 spiro atoms. The third-order valence-electron chi connectivity index (χ3n) is 5.08. The summed E-state index contributed by atoms with van der Waals surface area (Å²) < 4.78 is 0. The molecular weight excluding hydrogens is 308 g/mol. The van der Waals surface area contributed by atoms with Crippen molar-refractivity contribution in [1.82, 2.24) is 5.43 Å². The summed E-state index contributed by atoms with van der Waals surface area (Å²) in [6.45, 7) is 3.79. The van der Waals surface area contributed by atoms with Gasteiger partial charge in [-0.1, -0.05) is 42.5 Å². The second-order valence-electron chi connectivity index (χ2n) is 6.86. The highest BCUT2D eigenvalue weighted by molar-refractivity contribution is 5.61. The summed E-state index contributed by atoms with van der Waals surface area (Å²) in [6.07, 6.45) is 7.58. The van der Waals surface area contributed by atoms with Crippen LogP contribution in [-0.2, 0) is 0 Å². The highest BCUT2D eigenvalue weighted by Gasteiger charge is 2.41. The number of anilines is 2. The summed E-state index contributed by atoms with van der Waals surface area (Å²) in [6, 6.07) is 20.6. The molecule has 0 radical (unpaired) electrons. The van der Waals surface area contributed by atoms with E-state index in [0.29, 0.717) is 0 Å². The monoisotopic (exact) mass is 336 g/mol. The van der Waals surface area contributed by atoms with E-state index in [2.05, 4.69) is 41.3 Å². The summed E-state index contributed by atoms with van der Waals surface area (Å²) in [5.74, 6) is 0. The first-order valence-corrected chi connectivity index (χ1v) is 9.22. The lowest BCUT2D eigenvalue weighted by atomic mass is 9.91. The average molecular weight is 336 g/mol. The van der Waals surface area contributed by atoms with Gasteiger partial charge in [-0.2, -0.15) is 0 Å². The molecule has 3 nitrogen and oxygen atoms in total. The van der Waals surface area contributed by atoms with E-state index in [-0.39, 0.29) is 6.04 Å². The van der Waals surface area contributed by atoms with Crippen LogP contribution in [0.5, 0.6) is 0 Å². The van der Waals surface area contributed by atoms with Crippen molar-refractivity contribution in [1.29, 1.82) is 0 Å². The molecular formula is C22H28N2O. The van der Waals surface area contributed by atoms with Crippen LogP contribution in [0.25, 0.3) is 0 Å². The van der Waals surface area contributed by atoms with E-state index in [1.807, 2.05) is 42.5 Å². The minimum absolute atomic E-state index is 0.0535. The third kappa shape index (κ3) is 4.30. The van der Waals surface area contributed by atoms with Crippen LogP contribution in [0.2, 0.25) is 0 Å². The second kappa shape index (κ2) is 8.32. The number of hydrogen-bond donors (Lipinski definition) is 2. The van der Waals surface area contributed by atoms with E-state index in [0.717, 1.165) is 49.9 Å². The lowest BCUT2D eigenvalue weighted by Gasteiger charge is -2.36. The number of para-hydroxylation sites is 2. The molecule has 0 unspecified atom stereocenters. The molecule has 25 heavy (non-hydrogen) atoms. The van der Waals surface area contributed by atoms with Crippen molar-refractivity contribution in [2.45, 2.75) is 50.2 Å². The van der Waals surface area contributed by atoms with Gasteiger partial charge in [0.15, 0.2) is 0 Å². The quantitative estimate of drug-likeness (QED) is 0.406. The van der Waals surface area contributed by atoms with Gasteiger partial charge in [-0.25, -0.2) is 5.43 Å². The molecule has 3 heteroatoms. The van der Waals surface area contributed by atoms with Crippen molar-refractivity contribution < 1.29 is 5.11 Å². The lowest BCUT2D eigenvalue weighted by molar-refractivity contribution is 0.0107. The van der Waals surface area contributed by atoms with Gasteiger partial charge in [0.25, 0.3) is 0 Å². The molecule has 0 heterocycles. The minimum atomic E-state index is -0.648. The molecule has 0 aliphatic heterocycles. The van der Waals surface area contributed by atoms with Gasteiger partial charge in [0.05, 0.1) is 23.0 Å². The normalized spacial score (nSPS) is 22.7. The Morgan fingerprint density at radius 1 is 1.08 bits per heavy atom. The SMILES string of the molecule is C=CCCC[C@@]1(O)CCC[C@H]1NN(c1ccccc1)c1ccccc1. The fourth-order valence-electron chi connectivity index (χ4n) is 3.70. The first-order chi connectivity index (χ1) is 12.2. The Hall–Kier alpha value is -2.10. The minimum Gasteiger partial charge on any atom is -0.388 e. The maximum atomic E-state index is 11.2. The van der Waals surface area contributed by atoms with Crippen molar-refractivity contribution in [2.24, 2.45) is 0 Å². The smallest absolute Gasteiger partial charge is 0.0818 e. The molecule has 1 aliphatic rings. The van der Waals surface area contributed by atoms with Gasteiger partial charge in [0.1, 0.15) is 0 Å². The molecule has 0 bridgehead atoms. The van der Waals surface area contributed by atoms with Crippen LogP contribution in [-0.4, -0.2) is 16.7 Å². The molecule has 2 N–H and O–H groups in total. The zero-order valence-electron chi connectivity index (χ0n) is 14.8. The van der Waals surface area contributed by atoms with E-state index in [1.165, 1.54) is 0 Å². The number of hydrogen-bond acceptors (Lipinski definition) is 3. The molecule has 132 valence electrons. The summed E-state index contributed by atoms with van der Waals surface area (Å²) >= 11 is 0. The van der Waals surface area contributed by atoms with Gasteiger partial charge >= 0.3 is 0 Å². The third-order valence-corrected chi connectivity index (χ3v) is 5.08. The van der Waals surface area contributed by atoms with Gasteiger partial charge in [0.2, 0.25) is 0 Å². The Labute approximate surface area is 151 Å². The van der Waals surface area contributed by atoms with E-state index in [9.17, 15) is 5.11 Å². The van der Waals surface area contributed by atoms with Crippen LogP contribution >= 0.6 is 0 Å². The molecule has 2 aromatic rings. The summed E-state index contributed by atoms with van der Waals surface area (Å²) in [4.78, 5) is 0. The number of allylic oxidation sites excluding steroid dienone is 1. The topological polar surface area (TPSA) is 35.5 Å². The number of nitrogens with one attached hydrogen (secondary N) is 1. The van der Waals surface area contributed by atoms with Crippen molar-refractivity contribution in [3.05, 3.63) is 73.3 Å². The Balaban J connectivity index is 1.81. The first kappa shape index (κ1) is 17.7. The van der Waals surface area contributed by atoms with Gasteiger partial charge in [-0.05, 0) is 62.8 Å². The number of hydrazine groups is 1. The molecule has 2 atom stereocenters. The van der Waals surface area contributed by atoms with Crippen LogP contribution < -0.4 is 10.4 Å². The summed E-state index contributed by atoms with van der Waals surface area (Å²) in [5.41, 5.74) is 5.13. The molecule has 1 fully saturated rings. The zero-order chi connectivity index (χ0) is 17.5. The number of nitrogens with zero attached hydrogens (tertiary/aromatic N) is 1. The Kier molecular flexibility index (Phi) is 5.90. The average Bonchev–Trinajstić information content (AvgIpc) is 3.02. The number of unbranched alkanes of at least 4 members (excludes halogenated alkanes) is 1. The van der Waals surface area contributed by atoms with Gasteiger partial charge in [-0.15, -0.1) is 6.58 Å². The van der Waals surface area contributed by atoms with E-state index >= 15 is 0 Å². The van der Waals surface area contributed by atoms with E-state index in [4.69, 9.17) is 0 Å². The van der Waals surface area contributed by atoms with Crippen molar-refractivity contribution in [3.8, 4) is 0 Å². The lowest BCUT2D eigenvalue weighted by Crippen LogP contribution is -2.52. The molecule has 0 aromatic heterocycles. The number of benzene rings is 2. The predicted octanol–water partition coefficient (Wildman–Crippen LogP) is 4.97. The van der Waals surface area contributed by atoms with Crippen LogP contribution in [0.4, 0.5) is 11.4 Å². The van der Waals surface area contributed by atoms with Crippen LogP contribution in [0, 0.1) is 0 Å². The maximum absolute atomic E-state index is 11.2. The molecule has 0 saturated heterocycles. The largest absolute Gasteiger partial charge is 0.388 e. The van der Waals surface area contributed by atoms with Crippen molar-refractivity contribution >= 4 is 11.4 Å². The number of aliphatic hydroxyl groups is 1. The zero-order valence-corrected chi connectivity index (χ0v) is 14.8. The maximum Gasteiger partial charge on any atom is 0.0818 e. The molecule has 1 aliphatic carbocycles. The van der Waals surface area contributed by atoms with Gasteiger partial charge in [0, 0.05) is 0 Å². The highest BCUT2D eigenvalue weighted by Crippen LogP contribution is 2.36. The van der Waals surface area contributed by atoms with E-state index < -0.39 is 5.60 Å². The van der Waals surface area contributed by atoms with Gasteiger partial charge < -0.3 is 5.11 Å². The van der Waals surface area contributed by atoms with Crippen LogP contribution in [0.1, 0.15) is 38.5 Å². The van der Waals surface area contributed by atoms with Crippen LogP contribution in [0.15, 0.2) is 73.3 Å². The standard InChI is InChI=1S/C22H28N2O/c1-2-3-10-17-22(25)18-11-16-21(22)23-24(19-12-6-4-7-13-19)20-14-8-5-9-15-20/h2,4-9,12-15,21,23,25H,1,3,10-11,16-18H2/t21-,22-/m1/s1. The van der Waals surface area contributed by atoms with E-state index in [1.54, 1.807) is 0 Å².